The quantitative estimate of drug-likeness (QED) is 0.620. The summed E-state index contributed by atoms with van der Waals surface area (Å²) >= 11 is 12.2. The van der Waals surface area contributed by atoms with Gasteiger partial charge in [-0.05, 0) is 32.9 Å². The van der Waals surface area contributed by atoms with Crippen molar-refractivity contribution in [1.82, 2.24) is 5.32 Å². The molecule has 7 heteroatoms. The predicted octanol–water partition coefficient (Wildman–Crippen LogP) is 3.91. The number of benzene rings is 1. The van der Waals surface area contributed by atoms with Gasteiger partial charge < -0.3 is 10.6 Å². The third-order valence-corrected chi connectivity index (χ3v) is 3.34. The minimum absolute atomic E-state index is 0.119. The Morgan fingerprint density at radius 1 is 1.22 bits per heavy atom. The van der Waals surface area contributed by atoms with E-state index in [1.54, 1.807) is 12.1 Å². The zero-order chi connectivity index (χ0) is 17.6. The monoisotopic (exact) mass is 350 g/mol. The van der Waals surface area contributed by atoms with E-state index in [1.807, 2.05) is 20.8 Å². The number of nitriles is 2. The van der Waals surface area contributed by atoms with E-state index in [9.17, 15) is 4.79 Å². The van der Waals surface area contributed by atoms with Crippen LogP contribution in [0.5, 0.6) is 0 Å². The highest BCUT2D eigenvalue weighted by atomic mass is 35.5. The van der Waals surface area contributed by atoms with Gasteiger partial charge in [0.2, 0.25) is 0 Å². The maximum Gasteiger partial charge on any atom is 0.176 e. The summed E-state index contributed by atoms with van der Waals surface area (Å²) < 4.78 is 0. The Morgan fingerprint density at radius 2 is 1.74 bits per heavy atom. The molecule has 0 spiro atoms. The second-order valence-electron chi connectivity index (χ2n) is 5.77. The molecule has 1 aromatic rings. The molecule has 23 heavy (non-hydrogen) atoms. The molecule has 5 nitrogen and oxygen atoms in total. The molecular formula is C16H16Cl2N4O. The molecule has 0 aliphatic carbocycles. The fourth-order valence-corrected chi connectivity index (χ4v) is 2.15. The standard InChI is InChI=1S/C16H16Cl2N4O/c1-16(2,3)22-9-14(23)11-4-12(17)15(13(18)5-11)21-8-10(6-19)7-20/h4-5,8,21-22H,9H2,1-3H3. The Labute approximate surface area is 145 Å². The molecule has 0 unspecified atom stereocenters. The SMILES string of the molecule is CC(C)(C)NCC(=O)c1cc(Cl)c(NC=C(C#N)C#N)c(Cl)c1. The normalized spacial score (nSPS) is 10.4. The van der Waals surface area contributed by atoms with E-state index < -0.39 is 0 Å². The van der Waals surface area contributed by atoms with Gasteiger partial charge in [0.05, 0.1) is 22.3 Å². The van der Waals surface area contributed by atoms with Crippen LogP contribution in [0.15, 0.2) is 23.9 Å². The molecule has 2 N–H and O–H groups in total. The van der Waals surface area contributed by atoms with Crippen molar-refractivity contribution in [3.63, 3.8) is 0 Å². The van der Waals surface area contributed by atoms with E-state index in [0.29, 0.717) is 11.3 Å². The molecule has 0 aliphatic heterocycles. The Balaban J connectivity index is 2.98. The Hall–Kier alpha value is -2.05. The average Bonchev–Trinajstić information content (AvgIpc) is 2.47. The van der Waals surface area contributed by atoms with E-state index in [-0.39, 0.29) is 33.5 Å². The van der Waals surface area contributed by atoms with Crippen molar-refractivity contribution >= 4 is 34.7 Å². The van der Waals surface area contributed by atoms with Crippen LogP contribution in [0.1, 0.15) is 31.1 Å². The van der Waals surface area contributed by atoms with Crippen molar-refractivity contribution in [3.8, 4) is 12.1 Å². The van der Waals surface area contributed by atoms with Crippen molar-refractivity contribution in [2.24, 2.45) is 0 Å². The van der Waals surface area contributed by atoms with Crippen LogP contribution < -0.4 is 10.6 Å². The molecule has 0 saturated heterocycles. The summed E-state index contributed by atoms with van der Waals surface area (Å²) in [6.45, 7) is 6.04. The number of Topliss-reactive ketones (excluding diaryl/α,β-unsaturated/α-hetero) is 1. The fourth-order valence-electron chi connectivity index (χ4n) is 1.55. The van der Waals surface area contributed by atoms with E-state index in [4.69, 9.17) is 33.7 Å². The van der Waals surface area contributed by atoms with Gasteiger partial charge in [0.1, 0.15) is 17.7 Å². The van der Waals surface area contributed by atoms with E-state index in [0.717, 1.165) is 0 Å². The molecule has 0 atom stereocenters. The number of carbonyl (C=O) groups is 1. The number of halogens is 2. The van der Waals surface area contributed by atoms with Crippen molar-refractivity contribution in [2.75, 3.05) is 11.9 Å². The molecule has 1 rings (SSSR count). The minimum atomic E-state index is -0.180. The van der Waals surface area contributed by atoms with Crippen molar-refractivity contribution in [2.45, 2.75) is 26.3 Å². The maximum atomic E-state index is 12.2. The highest BCUT2D eigenvalue weighted by molar-refractivity contribution is 6.39. The third-order valence-electron chi connectivity index (χ3n) is 2.75. The number of nitrogens with one attached hydrogen (secondary N) is 2. The lowest BCUT2D eigenvalue weighted by Crippen LogP contribution is -2.39. The van der Waals surface area contributed by atoms with E-state index >= 15 is 0 Å². The van der Waals surface area contributed by atoms with Crippen LogP contribution in [0, 0.1) is 22.7 Å². The first-order valence-corrected chi connectivity index (χ1v) is 7.47. The molecule has 0 bridgehead atoms. The molecule has 0 saturated carbocycles. The molecule has 0 radical (unpaired) electrons. The molecule has 0 aliphatic rings. The summed E-state index contributed by atoms with van der Waals surface area (Å²) in [6.07, 6.45) is 1.20. The number of allylic oxidation sites excluding steroid dienone is 1. The van der Waals surface area contributed by atoms with Gasteiger partial charge in [-0.15, -0.1) is 0 Å². The molecule has 120 valence electrons. The second kappa shape index (κ2) is 7.99. The molecule has 0 heterocycles. The van der Waals surface area contributed by atoms with Crippen LogP contribution in [0.2, 0.25) is 10.0 Å². The van der Waals surface area contributed by atoms with Crippen LogP contribution in [0.4, 0.5) is 5.69 Å². The Kier molecular flexibility index (Phi) is 6.60. The highest BCUT2D eigenvalue weighted by Gasteiger charge is 2.15. The summed E-state index contributed by atoms with van der Waals surface area (Å²) in [4.78, 5) is 12.2. The smallest absolute Gasteiger partial charge is 0.176 e. The zero-order valence-corrected chi connectivity index (χ0v) is 14.5. The van der Waals surface area contributed by atoms with Crippen molar-refractivity contribution in [3.05, 3.63) is 39.5 Å². The van der Waals surface area contributed by atoms with Crippen molar-refractivity contribution < 1.29 is 4.79 Å². The molecule has 1 aromatic carbocycles. The molecular weight excluding hydrogens is 335 g/mol. The number of hydrogen-bond acceptors (Lipinski definition) is 5. The van der Waals surface area contributed by atoms with Gasteiger partial charge in [0.25, 0.3) is 0 Å². The van der Waals surface area contributed by atoms with Crippen LogP contribution in [-0.4, -0.2) is 17.9 Å². The largest absolute Gasteiger partial charge is 0.357 e. The summed E-state index contributed by atoms with van der Waals surface area (Å²) in [5, 5.41) is 23.6. The Bertz CT molecular complexity index is 682. The molecule has 0 amide bonds. The van der Waals surface area contributed by atoms with Crippen molar-refractivity contribution in [1.29, 1.82) is 10.5 Å². The predicted molar refractivity (Wildman–Crippen MR) is 91.5 cm³/mol. The van der Waals surface area contributed by atoms with E-state index in [1.165, 1.54) is 18.3 Å². The number of hydrogen-bond donors (Lipinski definition) is 2. The maximum absolute atomic E-state index is 12.2. The van der Waals surface area contributed by atoms with Gasteiger partial charge in [-0.3, -0.25) is 4.79 Å². The lowest BCUT2D eigenvalue weighted by molar-refractivity contribution is 0.0982. The summed E-state index contributed by atoms with van der Waals surface area (Å²) in [7, 11) is 0. The third kappa shape index (κ3) is 5.92. The Morgan fingerprint density at radius 3 is 2.17 bits per heavy atom. The first-order chi connectivity index (χ1) is 10.7. The number of nitrogens with zero attached hydrogens (tertiary/aromatic N) is 2. The average molecular weight is 351 g/mol. The second-order valence-corrected chi connectivity index (χ2v) is 6.58. The number of carbonyl (C=O) groups excluding carboxylic acids is 1. The first-order valence-electron chi connectivity index (χ1n) is 6.72. The van der Waals surface area contributed by atoms with Gasteiger partial charge in [0, 0.05) is 17.3 Å². The van der Waals surface area contributed by atoms with Crippen LogP contribution in [-0.2, 0) is 0 Å². The first kappa shape index (κ1) is 19.0. The van der Waals surface area contributed by atoms with Gasteiger partial charge in [-0.1, -0.05) is 23.2 Å². The van der Waals surface area contributed by atoms with Crippen LogP contribution >= 0.6 is 23.2 Å². The van der Waals surface area contributed by atoms with Gasteiger partial charge in [-0.25, -0.2) is 0 Å². The molecule has 0 fully saturated rings. The lowest BCUT2D eigenvalue weighted by atomic mass is 10.1. The zero-order valence-electron chi connectivity index (χ0n) is 13.0. The summed E-state index contributed by atoms with van der Waals surface area (Å²) in [5.41, 5.74) is 0.413. The lowest BCUT2D eigenvalue weighted by Gasteiger charge is -2.20. The van der Waals surface area contributed by atoms with E-state index in [2.05, 4.69) is 10.6 Å². The number of anilines is 1. The van der Waals surface area contributed by atoms with Gasteiger partial charge in [0.15, 0.2) is 5.78 Å². The molecule has 0 aromatic heterocycles. The van der Waals surface area contributed by atoms with Crippen LogP contribution in [0.3, 0.4) is 0 Å². The summed E-state index contributed by atoms with van der Waals surface area (Å²) in [6, 6.07) is 6.41. The van der Waals surface area contributed by atoms with Crippen LogP contribution in [0.25, 0.3) is 0 Å². The number of rotatable bonds is 5. The van der Waals surface area contributed by atoms with Gasteiger partial charge in [-0.2, -0.15) is 10.5 Å². The highest BCUT2D eigenvalue weighted by Crippen LogP contribution is 2.32. The fraction of sp³-hybridized carbons (Fsp3) is 0.312. The number of ketones is 1. The topological polar surface area (TPSA) is 88.7 Å². The summed E-state index contributed by atoms with van der Waals surface area (Å²) in [5.74, 6) is -0.138. The minimum Gasteiger partial charge on any atom is -0.357 e. The van der Waals surface area contributed by atoms with Gasteiger partial charge >= 0.3 is 0 Å².